The van der Waals surface area contributed by atoms with E-state index >= 15 is 0 Å². The Bertz CT molecular complexity index is 660. The van der Waals surface area contributed by atoms with Crippen LogP contribution in [0.25, 0.3) is 6.08 Å². The number of ketones is 1. The van der Waals surface area contributed by atoms with Crippen molar-refractivity contribution in [2.45, 2.75) is 6.92 Å². The van der Waals surface area contributed by atoms with Gasteiger partial charge in [-0.05, 0) is 49.4 Å². The number of phenols is 1. The second-order valence-electron chi connectivity index (χ2n) is 4.33. The monoisotopic (exact) mass is 346 g/mol. The van der Waals surface area contributed by atoms with Crippen LogP contribution < -0.4 is 4.74 Å². The first kappa shape index (κ1) is 15.3. The molecule has 0 heterocycles. The van der Waals surface area contributed by atoms with Gasteiger partial charge in [0, 0.05) is 15.6 Å². The molecule has 0 radical (unpaired) electrons. The highest BCUT2D eigenvalue weighted by molar-refractivity contribution is 9.10. The smallest absolute Gasteiger partial charge is 0.185 e. The van der Waals surface area contributed by atoms with Crippen molar-refractivity contribution in [1.29, 1.82) is 0 Å². The van der Waals surface area contributed by atoms with E-state index in [9.17, 15) is 9.90 Å². The largest absolute Gasteiger partial charge is 0.504 e. The van der Waals surface area contributed by atoms with Gasteiger partial charge < -0.3 is 9.84 Å². The maximum atomic E-state index is 12.0. The van der Waals surface area contributed by atoms with Crippen molar-refractivity contribution in [3.05, 3.63) is 64.1 Å². The van der Waals surface area contributed by atoms with Gasteiger partial charge in [-0.3, -0.25) is 4.79 Å². The molecule has 2 rings (SSSR count). The van der Waals surface area contributed by atoms with Crippen LogP contribution in [0, 0.1) is 0 Å². The highest BCUT2D eigenvalue weighted by atomic mass is 79.9. The van der Waals surface area contributed by atoms with Crippen LogP contribution in [-0.2, 0) is 0 Å². The van der Waals surface area contributed by atoms with Gasteiger partial charge in [-0.2, -0.15) is 0 Å². The number of halogens is 1. The molecule has 0 saturated carbocycles. The molecule has 108 valence electrons. The normalized spacial score (nSPS) is 10.8. The summed E-state index contributed by atoms with van der Waals surface area (Å²) in [5.41, 5.74) is 1.14. The average molecular weight is 347 g/mol. The van der Waals surface area contributed by atoms with Crippen LogP contribution in [0.3, 0.4) is 0 Å². The maximum absolute atomic E-state index is 12.0. The zero-order chi connectivity index (χ0) is 15.2. The molecule has 0 aliphatic heterocycles. The highest BCUT2D eigenvalue weighted by Crippen LogP contribution is 2.30. The van der Waals surface area contributed by atoms with Crippen molar-refractivity contribution >= 4 is 27.8 Å². The lowest BCUT2D eigenvalue weighted by Gasteiger charge is -2.07. The zero-order valence-corrected chi connectivity index (χ0v) is 13.1. The number of carbonyl (C=O) groups excluding carboxylic acids is 1. The van der Waals surface area contributed by atoms with E-state index in [0.29, 0.717) is 23.5 Å². The molecule has 0 aliphatic carbocycles. The second-order valence-corrected chi connectivity index (χ2v) is 5.25. The van der Waals surface area contributed by atoms with E-state index in [1.165, 1.54) is 6.08 Å². The summed E-state index contributed by atoms with van der Waals surface area (Å²) < 4.78 is 6.23. The first-order chi connectivity index (χ1) is 10.1. The topological polar surface area (TPSA) is 46.5 Å². The molecule has 3 nitrogen and oxygen atoms in total. The van der Waals surface area contributed by atoms with Gasteiger partial charge in [-0.25, -0.2) is 0 Å². The van der Waals surface area contributed by atoms with Crippen molar-refractivity contribution in [2.24, 2.45) is 0 Å². The fraction of sp³-hybridized carbons (Fsp3) is 0.118. The van der Waals surface area contributed by atoms with E-state index in [4.69, 9.17) is 4.74 Å². The maximum Gasteiger partial charge on any atom is 0.185 e. The van der Waals surface area contributed by atoms with Crippen LogP contribution in [0.15, 0.2) is 53.0 Å². The molecule has 0 spiro atoms. The van der Waals surface area contributed by atoms with Gasteiger partial charge in [0.1, 0.15) is 0 Å². The molecule has 0 amide bonds. The summed E-state index contributed by atoms with van der Waals surface area (Å²) in [5.74, 6) is 0.332. The quantitative estimate of drug-likeness (QED) is 0.642. The zero-order valence-electron chi connectivity index (χ0n) is 11.5. The first-order valence-electron chi connectivity index (χ1n) is 6.54. The van der Waals surface area contributed by atoms with E-state index in [2.05, 4.69) is 15.9 Å². The van der Waals surface area contributed by atoms with E-state index < -0.39 is 0 Å². The van der Waals surface area contributed by atoms with Crippen LogP contribution in [0.5, 0.6) is 11.5 Å². The predicted molar refractivity (Wildman–Crippen MR) is 86.8 cm³/mol. The fourth-order valence-electron chi connectivity index (χ4n) is 1.82. The summed E-state index contributed by atoms with van der Waals surface area (Å²) >= 11 is 3.33. The molecular formula is C17H15BrO3. The SMILES string of the molecule is CCOc1cccc(/C=C/C(=O)c2ccc(Br)cc2)c1O. The molecule has 2 aromatic rings. The number of phenolic OH excluding ortho intramolecular Hbond substituents is 1. The van der Waals surface area contributed by atoms with Gasteiger partial charge in [0.25, 0.3) is 0 Å². The summed E-state index contributed by atoms with van der Waals surface area (Å²) in [6, 6.07) is 12.3. The molecule has 0 bridgehead atoms. The lowest BCUT2D eigenvalue weighted by molar-refractivity contribution is 0.104. The summed E-state index contributed by atoms with van der Waals surface area (Å²) in [6.45, 7) is 2.32. The van der Waals surface area contributed by atoms with Gasteiger partial charge in [0.05, 0.1) is 6.61 Å². The third-order valence-corrected chi connectivity index (χ3v) is 3.40. The van der Waals surface area contributed by atoms with Crippen LogP contribution in [0.2, 0.25) is 0 Å². The Morgan fingerprint density at radius 2 is 1.95 bits per heavy atom. The molecule has 0 aromatic heterocycles. The van der Waals surface area contributed by atoms with Crippen molar-refractivity contribution < 1.29 is 14.6 Å². The molecular weight excluding hydrogens is 332 g/mol. The number of carbonyl (C=O) groups is 1. The molecule has 0 saturated heterocycles. The van der Waals surface area contributed by atoms with Crippen molar-refractivity contribution in [3.8, 4) is 11.5 Å². The molecule has 21 heavy (non-hydrogen) atoms. The number of allylic oxidation sites excluding steroid dienone is 1. The molecule has 2 aromatic carbocycles. The predicted octanol–water partition coefficient (Wildman–Crippen LogP) is 4.45. The van der Waals surface area contributed by atoms with E-state index in [0.717, 1.165) is 4.47 Å². The van der Waals surface area contributed by atoms with Crippen molar-refractivity contribution in [1.82, 2.24) is 0 Å². The molecule has 0 fully saturated rings. The minimum atomic E-state index is -0.122. The Morgan fingerprint density at radius 3 is 2.62 bits per heavy atom. The molecule has 0 aliphatic rings. The Hall–Kier alpha value is -2.07. The van der Waals surface area contributed by atoms with Crippen molar-refractivity contribution in [2.75, 3.05) is 6.61 Å². The Balaban J connectivity index is 2.19. The van der Waals surface area contributed by atoms with Gasteiger partial charge in [0.15, 0.2) is 17.3 Å². The number of para-hydroxylation sites is 1. The summed E-state index contributed by atoms with van der Waals surface area (Å²) in [5, 5.41) is 10.0. The minimum Gasteiger partial charge on any atom is -0.504 e. The minimum absolute atomic E-state index is 0.0409. The standard InChI is InChI=1S/C17H15BrO3/c1-2-21-16-5-3-4-13(17(16)20)8-11-15(19)12-6-9-14(18)10-7-12/h3-11,20H,2H2,1H3/b11-8+. The summed E-state index contributed by atoms with van der Waals surface area (Å²) in [4.78, 5) is 12.0. The fourth-order valence-corrected chi connectivity index (χ4v) is 2.09. The van der Waals surface area contributed by atoms with Gasteiger partial charge >= 0.3 is 0 Å². The summed E-state index contributed by atoms with van der Waals surface area (Å²) in [6.07, 6.45) is 3.02. The number of hydrogen-bond donors (Lipinski definition) is 1. The number of hydrogen-bond acceptors (Lipinski definition) is 3. The lowest BCUT2D eigenvalue weighted by atomic mass is 10.1. The Labute approximate surface area is 132 Å². The third kappa shape index (κ3) is 3.95. The molecule has 0 unspecified atom stereocenters. The van der Waals surface area contributed by atoms with Crippen LogP contribution in [0.4, 0.5) is 0 Å². The van der Waals surface area contributed by atoms with Gasteiger partial charge in [0.2, 0.25) is 0 Å². The first-order valence-corrected chi connectivity index (χ1v) is 7.34. The second kappa shape index (κ2) is 7.09. The Morgan fingerprint density at radius 1 is 1.24 bits per heavy atom. The van der Waals surface area contributed by atoms with Gasteiger partial charge in [-0.1, -0.05) is 28.1 Å². The average Bonchev–Trinajstić information content (AvgIpc) is 2.49. The third-order valence-electron chi connectivity index (χ3n) is 2.87. The Kier molecular flexibility index (Phi) is 5.17. The number of ether oxygens (including phenoxy) is 1. The lowest BCUT2D eigenvalue weighted by Crippen LogP contribution is -1.94. The summed E-state index contributed by atoms with van der Waals surface area (Å²) in [7, 11) is 0. The highest BCUT2D eigenvalue weighted by Gasteiger charge is 2.06. The van der Waals surface area contributed by atoms with Crippen LogP contribution >= 0.6 is 15.9 Å². The van der Waals surface area contributed by atoms with E-state index in [1.807, 2.05) is 19.1 Å². The van der Waals surface area contributed by atoms with E-state index in [-0.39, 0.29) is 11.5 Å². The number of rotatable bonds is 5. The van der Waals surface area contributed by atoms with Crippen LogP contribution in [0.1, 0.15) is 22.8 Å². The van der Waals surface area contributed by atoms with Crippen LogP contribution in [-0.4, -0.2) is 17.5 Å². The molecule has 4 heteroatoms. The van der Waals surface area contributed by atoms with Gasteiger partial charge in [-0.15, -0.1) is 0 Å². The molecule has 1 N–H and O–H groups in total. The van der Waals surface area contributed by atoms with E-state index in [1.54, 1.807) is 36.4 Å². The number of benzene rings is 2. The molecule has 0 atom stereocenters. The van der Waals surface area contributed by atoms with Crippen molar-refractivity contribution in [3.63, 3.8) is 0 Å². The number of aromatic hydroxyl groups is 1.